The molecule has 20 aromatic carbocycles. The maximum Gasteiger partial charge on any atom is 0.488 e. The first-order chi connectivity index (χ1) is 53.3. The summed E-state index contributed by atoms with van der Waals surface area (Å²) in [4.78, 5) is 0. The van der Waals surface area contributed by atoms with Gasteiger partial charge in [0.15, 0.2) is 0 Å². The quantitative estimate of drug-likeness (QED) is 0.106. The van der Waals surface area contributed by atoms with Crippen molar-refractivity contribution in [2.75, 3.05) is 0 Å². The maximum absolute atomic E-state index is 9.52. The molecule has 0 aliphatic rings. The van der Waals surface area contributed by atoms with Gasteiger partial charge in [-0.25, -0.2) is 0 Å². The summed E-state index contributed by atoms with van der Waals surface area (Å²) in [7, 11) is -1.48. The van der Waals surface area contributed by atoms with Crippen molar-refractivity contribution in [1.82, 2.24) is 0 Å². The minimum Gasteiger partial charge on any atom is -0.423 e. The van der Waals surface area contributed by atoms with E-state index in [9.17, 15) is 10.0 Å². The second kappa shape index (κ2) is 29.5. The fourth-order valence-corrected chi connectivity index (χ4v) is 16.5. The van der Waals surface area contributed by atoms with Gasteiger partial charge in [-0.1, -0.05) is 352 Å². The van der Waals surface area contributed by atoms with Crippen molar-refractivity contribution >= 4 is 115 Å². The lowest BCUT2D eigenvalue weighted by molar-refractivity contribution is 0.426. The number of benzene rings is 20. The molecule has 4 heteroatoms. The number of hydrogen-bond donors (Lipinski definition) is 2. The smallest absolute Gasteiger partial charge is 0.423 e. The van der Waals surface area contributed by atoms with E-state index in [1.165, 1.54) is 164 Å². The Morgan fingerprint density at radius 1 is 0.157 bits per heavy atom. The van der Waals surface area contributed by atoms with Crippen molar-refractivity contribution in [3.05, 3.63) is 417 Å². The Balaban J connectivity index is 0.000000126. The third kappa shape index (κ3) is 13.3. The highest BCUT2D eigenvalue weighted by Crippen LogP contribution is 2.47. The molecule has 2 nitrogen and oxygen atoms in total. The number of fused-ring (bicyclic) bond motifs is 8. The Morgan fingerprint density at radius 3 is 0.704 bits per heavy atom. The summed E-state index contributed by atoms with van der Waals surface area (Å²) in [5.41, 5.74) is 21.9. The van der Waals surface area contributed by atoms with Crippen molar-refractivity contribution in [2.24, 2.45) is 0 Å². The molecule has 20 rings (SSSR count). The summed E-state index contributed by atoms with van der Waals surface area (Å²) in [6, 6.07) is 148. The molecule has 0 bridgehead atoms. The lowest BCUT2D eigenvalue weighted by Crippen LogP contribution is -2.29. The van der Waals surface area contributed by atoms with Crippen LogP contribution in [0.25, 0.3) is 186 Å². The van der Waals surface area contributed by atoms with Gasteiger partial charge < -0.3 is 10.0 Å². The van der Waals surface area contributed by atoms with Crippen LogP contribution in [0.4, 0.5) is 0 Å². The van der Waals surface area contributed by atoms with E-state index < -0.39 is 7.12 Å². The highest BCUT2D eigenvalue weighted by atomic mass is 79.9. The lowest BCUT2D eigenvalue weighted by Gasteiger charge is -2.19. The van der Waals surface area contributed by atoms with Gasteiger partial charge in [-0.3, -0.25) is 0 Å². The number of rotatable bonds is 10. The molecule has 0 heterocycles. The van der Waals surface area contributed by atoms with E-state index in [0.717, 1.165) is 26.7 Å². The average molecular weight is 1440 g/mol. The first-order valence-electron chi connectivity index (χ1n) is 36.7. The first kappa shape index (κ1) is 66.9. The van der Waals surface area contributed by atoms with Crippen LogP contribution in [0.1, 0.15) is 0 Å². The Kier molecular flexibility index (Phi) is 18.2. The third-order valence-electron chi connectivity index (χ3n) is 21.1. The molecular weight excluding hydrogens is 1370 g/mol. The van der Waals surface area contributed by atoms with E-state index in [1.54, 1.807) is 0 Å². The van der Waals surface area contributed by atoms with Crippen LogP contribution in [0.5, 0.6) is 0 Å². The molecule has 0 amide bonds. The van der Waals surface area contributed by atoms with E-state index in [4.69, 9.17) is 0 Å². The van der Waals surface area contributed by atoms with Gasteiger partial charge in [0, 0.05) is 4.47 Å². The normalized spacial score (nSPS) is 11.3. The van der Waals surface area contributed by atoms with Crippen molar-refractivity contribution in [1.29, 1.82) is 0 Å². The zero-order valence-corrected chi connectivity index (χ0v) is 60.7. The molecular formula is C104H70BBrO2. The monoisotopic (exact) mass is 1440 g/mol. The van der Waals surface area contributed by atoms with Crippen LogP contribution >= 0.6 is 15.9 Å². The van der Waals surface area contributed by atoms with E-state index in [0.29, 0.717) is 5.46 Å². The highest BCUT2D eigenvalue weighted by molar-refractivity contribution is 9.10. The van der Waals surface area contributed by atoms with Crippen molar-refractivity contribution in [2.45, 2.75) is 0 Å². The molecule has 108 heavy (non-hydrogen) atoms. The Hall–Kier alpha value is -13.1. The largest absolute Gasteiger partial charge is 0.488 e. The summed E-state index contributed by atoms with van der Waals surface area (Å²) in [5.74, 6) is 0. The second-order valence-electron chi connectivity index (χ2n) is 27.8. The highest BCUT2D eigenvalue weighted by Gasteiger charge is 2.21. The van der Waals surface area contributed by atoms with Gasteiger partial charge >= 0.3 is 7.12 Å². The Labute approximate surface area is 637 Å². The second-order valence-corrected chi connectivity index (χ2v) is 28.6. The molecule has 0 atom stereocenters. The van der Waals surface area contributed by atoms with Gasteiger partial charge in [-0.05, 0) is 268 Å². The van der Waals surface area contributed by atoms with Crippen molar-refractivity contribution in [3.8, 4) is 100 Å². The van der Waals surface area contributed by atoms with E-state index in [2.05, 4.69) is 356 Å². The third-order valence-corrected chi connectivity index (χ3v) is 22.0. The van der Waals surface area contributed by atoms with Crippen LogP contribution in [0, 0.1) is 0 Å². The number of halogens is 1. The minimum atomic E-state index is -1.48. The molecule has 0 aliphatic heterocycles. The molecule has 0 unspecified atom stereocenters. The van der Waals surface area contributed by atoms with Gasteiger partial charge in [0.25, 0.3) is 0 Å². The van der Waals surface area contributed by atoms with Crippen molar-refractivity contribution in [3.63, 3.8) is 0 Å². The van der Waals surface area contributed by atoms with Gasteiger partial charge in [-0.15, -0.1) is 0 Å². The van der Waals surface area contributed by atoms with Gasteiger partial charge in [0.05, 0.1) is 0 Å². The zero-order chi connectivity index (χ0) is 72.4. The molecule has 20 aromatic rings. The molecule has 508 valence electrons. The summed E-state index contributed by atoms with van der Waals surface area (Å²) >= 11 is 3.88. The van der Waals surface area contributed by atoms with Crippen LogP contribution < -0.4 is 5.46 Å². The summed E-state index contributed by atoms with van der Waals surface area (Å²) in [5, 5.41) is 39.1. The Bertz CT molecular complexity index is 6550. The topological polar surface area (TPSA) is 40.5 Å². The van der Waals surface area contributed by atoms with Crippen LogP contribution in [0.2, 0.25) is 0 Å². The minimum absolute atomic E-state index is 0.496. The fourth-order valence-electron chi connectivity index (χ4n) is 15.8. The zero-order valence-electron chi connectivity index (χ0n) is 59.1. The molecule has 0 spiro atoms. The maximum atomic E-state index is 9.52. The molecule has 0 aliphatic carbocycles. The predicted octanol–water partition coefficient (Wildman–Crippen LogP) is 27.7. The van der Waals surface area contributed by atoms with Crippen LogP contribution in [0.15, 0.2) is 417 Å². The molecule has 2 N–H and O–H groups in total. The SMILES string of the molecule is Brc1c2ccccc2c(-c2ccc3ccc(-c4ccc5ccccc5c4)cc3c2)c2ccccc12.OB(O)c1cc(-c2ccccc2)cc(-c2ccccc2)c1.c1ccc(-c2cc(-c3ccccc3)cc(-c3c4ccccc4c(-c4ccc5ccc(-c6ccc7ccccc7c6)cc5c4)c4ccccc34)c2)cc1. The van der Waals surface area contributed by atoms with Gasteiger partial charge in [-0.2, -0.15) is 0 Å². The number of hydrogen-bond acceptors (Lipinski definition) is 2. The van der Waals surface area contributed by atoms with Crippen molar-refractivity contribution < 1.29 is 10.0 Å². The molecule has 0 saturated carbocycles. The van der Waals surface area contributed by atoms with Gasteiger partial charge in [0.2, 0.25) is 0 Å². The van der Waals surface area contributed by atoms with Gasteiger partial charge in [0.1, 0.15) is 0 Å². The van der Waals surface area contributed by atoms with Crippen LogP contribution in [-0.4, -0.2) is 17.2 Å². The molecule has 0 radical (unpaired) electrons. The summed E-state index contributed by atoms with van der Waals surface area (Å²) in [6.07, 6.45) is 0. The summed E-state index contributed by atoms with van der Waals surface area (Å²) in [6.45, 7) is 0. The van der Waals surface area contributed by atoms with Crippen LogP contribution in [0.3, 0.4) is 0 Å². The molecule has 0 saturated heterocycles. The van der Waals surface area contributed by atoms with E-state index in [-0.39, 0.29) is 0 Å². The standard InChI is InChI=1S/C52H34.C34H21Br.C18H15BO2/c1-3-13-35(14-4-1)44-32-45(36-15-5-2-6-16-36)34-46(33-44)52-49-21-11-9-19-47(49)51(48-20-10-12-22-50(48)52)42-28-25-38-24-27-41(30-43(38)31-42)40-26-23-37-17-7-8-18-39(37)29-40;35-34-31-11-5-3-9-29(31)33(30-10-4-6-12-32(30)34)27-18-15-23-14-17-26(20-28(23)21-27)25-16-13-22-7-1-2-8-24(22)19-25;20-19(21)18-12-16(14-7-3-1-4-8-14)11-17(13-18)15-9-5-2-6-10-15/h1-34H;1-21H;1-13,20-21H. The molecule has 0 fully saturated rings. The predicted molar refractivity (Wildman–Crippen MR) is 466 cm³/mol. The Morgan fingerprint density at radius 2 is 0.380 bits per heavy atom. The fraction of sp³-hybridized carbons (Fsp3) is 0. The van der Waals surface area contributed by atoms with E-state index >= 15 is 0 Å². The lowest BCUT2D eigenvalue weighted by atomic mass is 9.77. The van der Waals surface area contributed by atoms with E-state index in [1.807, 2.05) is 72.8 Å². The molecule has 0 aromatic heterocycles. The van der Waals surface area contributed by atoms with Crippen LogP contribution in [-0.2, 0) is 0 Å². The first-order valence-corrected chi connectivity index (χ1v) is 37.5. The summed E-state index contributed by atoms with van der Waals surface area (Å²) < 4.78 is 1.16. The average Bonchev–Trinajstić information content (AvgIpc) is 0.845.